The van der Waals surface area contributed by atoms with Crippen LogP contribution in [0, 0.1) is 0 Å². The Morgan fingerprint density at radius 3 is 2.39 bits per heavy atom. The van der Waals surface area contributed by atoms with Gasteiger partial charge < -0.3 is 19.6 Å². The predicted molar refractivity (Wildman–Crippen MR) is 150 cm³/mol. The number of nitrogens with zero attached hydrogens (tertiary/aromatic N) is 3. The van der Waals surface area contributed by atoms with E-state index in [0.29, 0.717) is 50.3 Å². The summed E-state index contributed by atoms with van der Waals surface area (Å²) in [7, 11) is -3.69. The third-order valence-electron chi connectivity index (χ3n) is 8.50. The highest BCUT2D eigenvalue weighted by molar-refractivity contribution is 7.89. The fourth-order valence-electron chi connectivity index (χ4n) is 6.56. The molecule has 10 nitrogen and oxygen atoms in total. The lowest BCUT2D eigenvalue weighted by molar-refractivity contribution is -0.145. The maximum absolute atomic E-state index is 14.4. The van der Waals surface area contributed by atoms with E-state index < -0.39 is 38.9 Å². The minimum atomic E-state index is -3.69. The van der Waals surface area contributed by atoms with Crippen LogP contribution in [0.4, 0.5) is 5.69 Å². The summed E-state index contributed by atoms with van der Waals surface area (Å²) in [6.07, 6.45) is 3.38. The van der Waals surface area contributed by atoms with Gasteiger partial charge in [-0.15, -0.1) is 0 Å². The highest BCUT2D eigenvalue weighted by atomic mass is 32.2. The molecule has 0 aromatic heterocycles. The number of anilines is 1. The Labute approximate surface area is 239 Å². The van der Waals surface area contributed by atoms with Crippen LogP contribution in [-0.4, -0.2) is 79.2 Å². The van der Waals surface area contributed by atoms with Crippen LogP contribution in [0.3, 0.4) is 0 Å². The van der Waals surface area contributed by atoms with Gasteiger partial charge in [0, 0.05) is 43.9 Å². The van der Waals surface area contributed by atoms with E-state index in [1.807, 2.05) is 6.92 Å². The number of carbonyl (C=O) groups excluding carboxylic acids is 3. The van der Waals surface area contributed by atoms with E-state index in [1.54, 1.807) is 29.2 Å². The van der Waals surface area contributed by atoms with E-state index in [4.69, 9.17) is 4.74 Å². The number of carbonyl (C=O) groups is 3. The van der Waals surface area contributed by atoms with Gasteiger partial charge >= 0.3 is 0 Å². The molecule has 3 fully saturated rings. The van der Waals surface area contributed by atoms with Crippen molar-refractivity contribution in [3.8, 4) is 0 Å². The van der Waals surface area contributed by atoms with E-state index in [-0.39, 0.29) is 28.7 Å². The van der Waals surface area contributed by atoms with Crippen molar-refractivity contribution in [1.29, 1.82) is 0 Å². The molecular formula is C30H33N3O7S. The van der Waals surface area contributed by atoms with Crippen LogP contribution in [0.2, 0.25) is 0 Å². The average Bonchev–Trinajstić information content (AvgIpc) is 3.78. The molecule has 0 saturated carbocycles. The lowest BCUT2D eigenvalue weighted by Crippen LogP contribution is -2.53. The summed E-state index contributed by atoms with van der Waals surface area (Å²) in [6, 6.07) is 12.6. The van der Waals surface area contributed by atoms with Crippen molar-refractivity contribution in [2.45, 2.75) is 55.6 Å². The molecule has 3 saturated heterocycles. The first-order valence-corrected chi connectivity index (χ1v) is 15.6. The minimum Gasteiger partial charge on any atom is -0.507 e. The summed E-state index contributed by atoms with van der Waals surface area (Å²) < 4.78 is 33.3. The smallest absolute Gasteiger partial charge is 0.296 e. The number of benzene rings is 2. The van der Waals surface area contributed by atoms with Crippen LogP contribution in [0.1, 0.15) is 50.2 Å². The number of hydrogen-bond donors (Lipinski definition) is 1. The first kappa shape index (κ1) is 27.6. The van der Waals surface area contributed by atoms with Gasteiger partial charge in [-0.3, -0.25) is 14.4 Å². The van der Waals surface area contributed by atoms with Gasteiger partial charge in [0.2, 0.25) is 10.0 Å². The summed E-state index contributed by atoms with van der Waals surface area (Å²) in [5, 5.41) is 11.7. The number of hydrogen-bond acceptors (Lipinski definition) is 7. The summed E-state index contributed by atoms with van der Waals surface area (Å²) >= 11 is 0. The van der Waals surface area contributed by atoms with Gasteiger partial charge in [-0.25, -0.2) is 8.42 Å². The summed E-state index contributed by atoms with van der Waals surface area (Å²) in [4.78, 5) is 44.8. The van der Waals surface area contributed by atoms with Crippen LogP contribution in [0.15, 0.2) is 59.0 Å². The maximum Gasteiger partial charge on any atom is 0.296 e. The van der Waals surface area contributed by atoms with Gasteiger partial charge in [0.05, 0.1) is 22.3 Å². The van der Waals surface area contributed by atoms with Gasteiger partial charge in [-0.2, -0.15) is 4.31 Å². The van der Waals surface area contributed by atoms with Crippen LogP contribution in [-0.2, 0) is 34.7 Å². The van der Waals surface area contributed by atoms with E-state index in [2.05, 4.69) is 0 Å². The number of para-hydroxylation sites is 1. The lowest BCUT2D eigenvalue weighted by atomic mass is 9.81. The first-order valence-electron chi connectivity index (χ1n) is 14.2. The zero-order valence-electron chi connectivity index (χ0n) is 22.9. The van der Waals surface area contributed by atoms with Crippen molar-refractivity contribution in [1.82, 2.24) is 9.21 Å². The summed E-state index contributed by atoms with van der Waals surface area (Å²) in [5.74, 6) is -2.84. The van der Waals surface area contributed by atoms with Gasteiger partial charge in [0.25, 0.3) is 17.6 Å². The Morgan fingerprint density at radius 2 is 1.73 bits per heavy atom. The summed E-state index contributed by atoms with van der Waals surface area (Å²) in [6.45, 7) is 3.76. The lowest BCUT2D eigenvalue weighted by Gasteiger charge is -2.35. The number of aliphatic hydroxyl groups is 1. The number of Topliss-reactive ketones (excluding diaryl/α,β-unsaturated/α-hetero) is 1. The number of sulfonamides is 1. The van der Waals surface area contributed by atoms with Crippen molar-refractivity contribution in [3.63, 3.8) is 0 Å². The summed E-state index contributed by atoms with van der Waals surface area (Å²) in [5.41, 5.74) is -1.01. The minimum absolute atomic E-state index is 0.0222. The molecule has 4 aliphatic rings. The van der Waals surface area contributed by atoms with E-state index in [9.17, 15) is 27.9 Å². The quantitative estimate of drug-likeness (QED) is 0.304. The van der Waals surface area contributed by atoms with Gasteiger partial charge in [-0.1, -0.05) is 25.1 Å². The van der Waals surface area contributed by atoms with Gasteiger partial charge in [-0.05, 0) is 62.4 Å². The second-order valence-electron chi connectivity index (χ2n) is 10.9. The second kappa shape index (κ2) is 10.4. The molecule has 1 spiro atoms. The molecule has 2 aromatic rings. The van der Waals surface area contributed by atoms with Crippen molar-refractivity contribution in [3.05, 3.63) is 65.2 Å². The molecule has 2 aromatic carbocycles. The Kier molecular flexibility index (Phi) is 6.99. The molecule has 0 bridgehead atoms. The monoisotopic (exact) mass is 579 g/mol. The van der Waals surface area contributed by atoms with E-state index in [0.717, 1.165) is 19.3 Å². The molecular weight excluding hydrogens is 546 g/mol. The molecule has 2 amide bonds. The molecule has 4 heterocycles. The average molecular weight is 580 g/mol. The van der Waals surface area contributed by atoms with Crippen LogP contribution in [0.25, 0.3) is 5.76 Å². The molecule has 2 atom stereocenters. The number of ketones is 1. The van der Waals surface area contributed by atoms with Crippen molar-refractivity contribution in [2.24, 2.45) is 0 Å². The van der Waals surface area contributed by atoms with Crippen LogP contribution >= 0.6 is 0 Å². The van der Waals surface area contributed by atoms with Crippen LogP contribution < -0.4 is 4.90 Å². The Balaban J connectivity index is 1.51. The molecule has 1 N–H and O–H groups in total. The number of fused-ring (bicyclic) bond motifs is 2. The third-order valence-corrected chi connectivity index (χ3v) is 10.4. The van der Waals surface area contributed by atoms with Crippen molar-refractivity contribution < 1.29 is 32.6 Å². The fourth-order valence-corrected chi connectivity index (χ4v) is 8.08. The first-order chi connectivity index (χ1) is 19.7. The number of likely N-dealkylation sites (tertiary alicyclic amines) is 1. The Bertz CT molecular complexity index is 1540. The largest absolute Gasteiger partial charge is 0.507 e. The fraction of sp³-hybridized carbons (Fsp3) is 0.433. The maximum atomic E-state index is 14.4. The normalized spacial score (nSPS) is 26.1. The SMILES string of the molecule is CCCN1C(=O)C2(/C(=C(/O)c3ccc(S(=O)(=O)N4CCCC4)cc3)C(=O)C(=O)N2CC2CCCO2)c2ccccc21. The van der Waals surface area contributed by atoms with Gasteiger partial charge in [0.15, 0.2) is 5.54 Å². The third kappa shape index (κ3) is 4.12. The molecule has 2 unspecified atom stereocenters. The van der Waals surface area contributed by atoms with Crippen LogP contribution in [0.5, 0.6) is 0 Å². The molecule has 11 heteroatoms. The molecule has 0 aliphatic carbocycles. The van der Waals surface area contributed by atoms with E-state index in [1.165, 1.54) is 33.5 Å². The van der Waals surface area contributed by atoms with Crippen molar-refractivity contribution >= 4 is 39.1 Å². The standard InChI is InChI=1S/C30H33N3O7S/c1-2-15-32-24-10-4-3-9-23(24)30(29(32)37)25(27(35)28(36)33(30)19-21-8-7-18-40-21)26(34)20-11-13-22(14-12-20)41(38,39)31-16-5-6-17-31/h3-4,9-14,21,34H,2,5-8,15-19H2,1H3/b26-25+. The second-order valence-corrected chi connectivity index (χ2v) is 12.9. The van der Waals surface area contributed by atoms with Gasteiger partial charge in [0.1, 0.15) is 5.76 Å². The number of amides is 2. The Morgan fingerprint density at radius 1 is 1.02 bits per heavy atom. The van der Waals surface area contributed by atoms with E-state index >= 15 is 0 Å². The highest BCUT2D eigenvalue weighted by Crippen LogP contribution is 2.54. The highest BCUT2D eigenvalue weighted by Gasteiger charge is 2.67. The number of ether oxygens (including phenoxy) is 1. The number of rotatable bonds is 7. The zero-order chi connectivity index (χ0) is 28.9. The molecule has 41 heavy (non-hydrogen) atoms. The predicted octanol–water partition coefficient (Wildman–Crippen LogP) is 2.98. The molecule has 0 radical (unpaired) electrons. The molecule has 6 rings (SSSR count). The Hall–Kier alpha value is -3.54. The number of aliphatic hydroxyl groups excluding tert-OH is 1. The van der Waals surface area contributed by atoms with Crippen molar-refractivity contribution in [2.75, 3.05) is 37.7 Å². The topological polar surface area (TPSA) is 125 Å². The zero-order valence-corrected chi connectivity index (χ0v) is 23.7. The molecule has 4 aliphatic heterocycles. The molecule has 216 valence electrons.